The van der Waals surface area contributed by atoms with Gasteiger partial charge in [-0.05, 0) is 35.1 Å². The molecule has 0 atom stereocenters. The number of benzene rings is 1. The lowest BCUT2D eigenvalue weighted by molar-refractivity contribution is 0.256. The lowest BCUT2D eigenvalue weighted by atomic mass is 9.92. The lowest BCUT2D eigenvalue weighted by Gasteiger charge is -2.28. The average molecular weight is 465 g/mol. The predicted molar refractivity (Wildman–Crippen MR) is 121 cm³/mol. The minimum absolute atomic E-state index is 0.0864. The van der Waals surface area contributed by atoms with Gasteiger partial charge >= 0.3 is 6.03 Å². The Labute approximate surface area is 187 Å². The van der Waals surface area contributed by atoms with Crippen molar-refractivity contribution in [3.05, 3.63) is 41.5 Å². The topological polar surface area (TPSA) is 116 Å². The maximum atomic E-state index is 14.1. The summed E-state index contributed by atoms with van der Waals surface area (Å²) in [6.45, 7) is 10.3. The van der Waals surface area contributed by atoms with Crippen molar-refractivity contribution in [2.45, 2.75) is 44.6 Å². The molecule has 11 heteroatoms. The van der Waals surface area contributed by atoms with Crippen molar-refractivity contribution in [1.82, 2.24) is 20.0 Å². The quantitative estimate of drug-likeness (QED) is 0.602. The highest BCUT2D eigenvalue weighted by molar-refractivity contribution is 7.90. The molecule has 32 heavy (non-hydrogen) atoms. The molecule has 0 unspecified atom stereocenters. The first-order chi connectivity index (χ1) is 15.1. The standard InChI is InChI=1S/C21H29FN6O3S/c1-13(2)16-9-15(22)10-17(14(3)4)20(16)26-21(29)27-32(30,31)19-12-24-11-18(25-19)28-7-5-23-6-8-28/h9-14,23H,5-8H2,1-4H3,(H2,26,27,29). The van der Waals surface area contributed by atoms with E-state index >= 15 is 0 Å². The fourth-order valence-electron chi connectivity index (χ4n) is 3.53. The van der Waals surface area contributed by atoms with E-state index in [0.717, 1.165) is 19.3 Å². The molecule has 1 fully saturated rings. The Morgan fingerprint density at radius 2 is 1.69 bits per heavy atom. The number of anilines is 2. The highest BCUT2D eigenvalue weighted by Crippen LogP contribution is 2.33. The number of amides is 2. The summed E-state index contributed by atoms with van der Waals surface area (Å²) in [5.41, 5.74) is 1.58. The molecule has 3 N–H and O–H groups in total. The molecule has 2 aromatic rings. The number of urea groups is 1. The monoisotopic (exact) mass is 464 g/mol. The summed E-state index contributed by atoms with van der Waals surface area (Å²) in [7, 11) is -4.27. The Kier molecular flexibility index (Phi) is 7.29. The highest BCUT2D eigenvalue weighted by atomic mass is 32.2. The largest absolute Gasteiger partial charge is 0.353 e. The zero-order valence-corrected chi connectivity index (χ0v) is 19.5. The van der Waals surface area contributed by atoms with Gasteiger partial charge in [0.2, 0.25) is 0 Å². The van der Waals surface area contributed by atoms with Crippen molar-refractivity contribution in [3.8, 4) is 0 Å². The van der Waals surface area contributed by atoms with Crippen molar-refractivity contribution < 1.29 is 17.6 Å². The smallest absolute Gasteiger partial charge is 0.333 e. The fourth-order valence-corrected chi connectivity index (χ4v) is 4.35. The molecular formula is C21H29FN6O3S. The van der Waals surface area contributed by atoms with Crippen LogP contribution in [0.15, 0.2) is 29.6 Å². The molecule has 0 bridgehead atoms. The summed E-state index contributed by atoms with van der Waals surface area (Å²) in [4.78, 5) is 22.8. The van der Waals surface area contributed by atoms with Crippen LogP contribution >= 0.6 is 0 Å². The van der Waals surface area contributed by atoms with Gasteiger partial charge in [-0.3, -0.25) is 4.98 Å². The Morgan fingerprint density at radius 1 is 1.09 bits per heavy atom. The molecule has 1 saturated heterocycles. The molecule has 0 saturated carbocycles. The molecule has 2 heterocycles. The first-order valence-corrected chi connectivity index (χ1v) is 12.0. The summed E-state index contributed by atoms with van der Waals surface area (Å²) in [5, 5.41) is 5.47. The van der Waals surface area contributed by atoms with Gasteiger partial charge in [-0.2, -0.15) is 8.42 Å². The third-order valence-electron chi connectivity index (χ3n) is 5.19. The molecule has 3 rings (SSSR count). The number of nitrogens with one attached hydrogen (secondary N) is 3. The van der Waals surface area contributed by atoms with Crippen LogP contribution in [-0.4, -0.2) is 50.6 Å². The van der Waals surface area contributed by atoms with Crippen molar-refractivity contribution in [1.29, 1.82) is 0 Å². The van der Waals surface area contributed by atoms with Crippen LogP contribution in [0.3, 0.4) is 0 Å². The van der Waals surface area contributed by atoms with Crippen LogP contribution < -0.4 is 20.3 Å². The lowest BCUT2D eigenvalue weighted by Crippen LogP contribution is -2.44. The SMILES string of the molecule is CC(C)c1cc(F)cc(C(C)C)c1NC(=O)NS(=O)(=O)c1cncc(N2CCNCC2)n1. The molecule has 1 aliphatic heterocycles. The van der Waals surface area contributed by atoms with E-state index in [1.165, 1.54) is 18.3 Å². The number of nitrogens with zero attached hydrogens (tertiary/aromatic N) is 3. The van der Waals surface area contributed by atoms with Gasteiger partial charge in [-0.25, -0.2) is 18.9 Å². The number of carbonyl (C=O) groups is 1. The third kappa shape index (κ3) is 5.52. The van der Waals surface area contributed by atoms with Crippen LogP contribution in [-0.2, 0) is 10.0 Å². The molecule has 1 aromatic carbocycles. The van der Waals surface area contributed by atoms with Crippen LogP contribution in [0.5, 0.6) is 0 Å². The summed E-state index contributed by atoms with van der Waals surface area (Å²) < 4.78 is 41.7. The van der Waals surface area contributed by atoms with Crippen LogP contribution in [0, 0.1) is 5.82 Å². The minimum Gasteiger partial charge on any atom is -0.353 e. The molecule has 9 nitrogen and oxygen atoms in total. The molecule has 0 aliphatic carbocycles. The molecule has 2 amide bonds. The predicted octanol–water partition coefficient (Wildman–Crippen LogP) is 2.78. The normalized spacial score (nSPS) is 14.7. The first kappa shape index (κ1) is 23.9. The Balaban J connectivity index is 1.83. The zero-order valence-electron chi connectivity index (χ0n) is 18.6. The first-order valence-electron chi connectivity index (χ1n) is 10.5. The molecule has 174 valence electrons. The minimum atomic E-state index is -4.27. The Bertz CT molecular complexity index is 1060. The number of rotatable bonds is 6. The average Bonchev–Trinajstić information content (AvgIpc) is 2.74. The molecule has 1 aromatic heterocycles. The van der Waals surface area contributed by atoms with E-state index in [1.807, 2.05) is 37.3 Å². The van der Waals surface area contributed by atoms with E-state index in [2.05, 4.69) is 20.6 Å². The number of hydrogen-bond acceptors (Lipinski definition) is 7. The summed E-state index contributed by atoms with van der Waals surface area (Å²) in [6.07, 6.45) is 2.59. The second-order valence-electron chi connectivity index (χ2n) is 8.28. The molecule has 0 spiro atoms. The summed E-state index contributed by atoms with van der Waals surface area (Å²) >= 11 is 0. The fraction of sp³-hybridized carbons (Fsp3) is 0.476. The molecule has 0 radical (unpaired) electrons. The van der Waals surface area contributed by atoms with Gasteiger partial charge in [0.15, 0.2) is 5.03 Å². The second kappa shape index (κ2) is 9.78. The highest BCUT2D eigenvalue weighted by Gasteiger charge is 2.24. The van der Waals surface area contributed by atoms with Gasteiger partial charge in [0.05, 0.1) is 12.4 Å². The van der Waals surface area contributed by atoms with E-state index in [0.29, 0.717) is 35.7 Å². The maximum Gasteiger partial charge on any atom is 0.333 e. The van der Waals surface area contributed by atoms with Crippen LogP contribution in [0.1, 0.15) is 50.7 Å². The van der Waals surface area contributed by atoms with E-state index in [9.17, 15) is 17.6 Å². The number of sulfonamides is 1. The van der Waals surface area contributed by atoms with Crippen molar-refractivity contribution in [3.63, 3.8) is 0 Å². The van der Waals surface area contributed by atoms with E-state index in [1.54, 1.807) is 0 Å². The summed E-state index contributed by atoms with van der Waals surface area (Å²) in [6, 6.07) is 1.75. The van der Waals surface area contributed by atoms with E-state index < -0.39 is 21.9 Å². The third-order valence-corrected chi connectivity index (χ3v) is 6.39. The maximum absolute atomic E-state index is 14.1. The van der Waals surface area contributed by atoms with E-state index in [-0.39, 0.29) is 16.9 Å². The number of aromatic nitrogens is 2. The number of halogens is 1. The number of hydrogen-bond donors (Lipinski definition) is 3. The molecule has 1 aliphatic rings. The van der Waals surface area contributed by atoms with Gasteiger partial charge in [0, 0.05) is 31.9 Å². The van der Waals surface area contributed by atoms with Crippen molar-refractivity contribution >= 4 is 27.6 Å². The molecular weight excluding hydrogens is 435 g/mol. The van der Waals surface area contributed by atoms with Crippen LogP contribution in [0.4, 0.5) is 20.7 Å². The van der Waals surface area contributed by atoms with Gasteiger partial charge in [-0.15, -0.1) is 0 Å². The van der Waals surface area contributed by atoms with Crippen LogP contribution in [0.25, 0.3) is 0 Å². The summed E-state index contributed by atoms with van der Waals surface area (Å²) in [5.74, 6) is -0.151. The van der Waals surface area contributed by atoms with Gasteiger partial charge < -0.3 is 15.5 Å². The van der Waals surface area contributed by atoms with Gasteiger partial charge in [0.1, 0.15) is 11.6 Å². The van der Waals surface area contributed by atoms with E-state index in [4.69, 9.17) is 0 Å². The Morgan fingerprint density at radius 3 is 2.25 bits per heavy atom. The van der Waals surface area contributed by atoms with Crippen molar-refractivity contribution in [2.75, 3.05) is 36.4 Å². The Hall–Kier alpha value is -2.79. The second-order valence-corrected chi connectivity index (χ2v) is 9.91. The number of carbonyl (C=O) groups excluding carboxylic acids is 1. The van der Waals surface area contributed by atoms with Crippen molar-refractivity contribution in [2.24, 2.45) is 0 Å². The van der Waals surface area contributed by atoms with Gasteiger partial charge in [0.25, 0.3) is 10.0 Å². The zero-order chi connectivity index (χ0) is 23.5. The number of piperazine rings is 1. The van der Waals surface area contributed by atoms with Gasteiger partial charge in [-0.1, -0.05) is 27.7 Å². The van der Waals surface area contributed by atoms with Crippen LogP contribution in [0.2, 0.25) is 0 Å².